The topological polar surface area (TPSA) is 60.0 Å². The van der Waals surface area contributed by atoms with Gasteiger partial charge in [0.15, 0.2) is 5.96 Å². The number of amides is 1. The molecular weight excluding hydrogens is 309 g/mol. The summed E-state index contributed by atoms with van der Waals surface area (Å²) in [4.78, 5) is 19.7. The fourth-order valence-electron chi connectivity index (χ4n) is 2.63. The van der Waals surface area contributed by atoms with E-state index in [-0.39, 0.29) is 11.7 Å². The summed E-state index contributed by atoms with van der Waals surface area (Å²) >= 11 is 0. The number of nitrogens with one attached hydrogen (secondary N) is 2. The van der Waals surface area contributed by atoms with Crippen molar-refractivity contribution in [3.63, 3.8) is 0 Å². The van der Waals surface area contributed by atoms with Gasteiger partial charge in [-0.2, -0.15) is 0 Å². The smallest absolute Gasteiger partial charge is 0.219 e. The quantitative estimate of drug-likeness (QED) is 0.613. The molecule has 6 nitrogen and oxygen atoms in total. The zero-order chi connectivity index (χ0) is 17.4. The van der Waals surface area contributed by atoms with Gasteiger partial charge in [0, 0.05) is 59.8 Å². The Balaban J connectivity index is 1.65. The standard InChI is InChI=1S/C17H26FN5O/c1-14(24)23-11-9-22(10-12-23)8-7-20-17(19-2)21-13-15-3-5-16(18)6-4-15/h3-6H,7-13H2,1-2H3,(H2,19,20,21). The molecule has 24 heavy (non-hydrogen) atoms. The van der Waals surface area contributed by atoms with Crippen LogP contribution in [-0.4, -0.2) is 68.0 Å². The minimum atomic E-state index is -0.230. The molecule has 1 saturated heterocycles. The van der Waals surface area contributed by atoms with E-state index < -0.39 is 0 Å². The minimum absolute atomic E-state index is 0.151. The Morgan fingerprint density at radius 2 is 1.83 bits per heavy atom. The summed E-state index contributed by atoms with van der Waals surface area (Å²) < 4.78 is 12.9. The first-order chi connectivity index (χ1) is 11.6. The highest BCUT2D eigenvalue weighted by molar-refractivity contribution is 5.79. The van der Waals surface area contributed by atoms with Gasteiger partial charge >= 0.3 is 0 Å². The van der Waals surface area contributed by atoms with Crippen molar-refractivity contribution < 1.29 is 9.18 Å². The lowest BCUT2D eigenvalue weighted by Crippen LogP contribution is -2.50. The Morgan fingerprint density at radius 1 is 1.17 bits per heavy atom. The summed E-state index contributed by atoms with van der Waals surface area (Å²) in [6.07, 6.45) is 0. The highest BCUT2D eigenvalue weighted by Gasteiger charge is 2.17. The molecule has 1 heterocycles. The van der Waals surface area contributed by atoms with Gasteiger partial charge in [0.1, 0.15) is 5.82 Å². The summed E-state index contributed by atoms with van der Waals surface area (Å²) in [6.45, 7) is 7.31. The number of nitrogens with zero attached hydrogens (tertiary/aromatic N) is 3. The third-order valence-electron chi connectivity index (χ3n) is 4.13. The van der Waals surface area contributed by atoms with Gasteiger partial charge in [-0.05, 0) is 17.7 Å². The number of carbonyl (C=O) groups excluding carboxylic acids is 1. The van der Waals surface area contributed by atoms with E-state index in [0.717, 1.165) is 50.8 Å². The number of hydrogen-bond donors (Lipinski definition) is 2. The van der Waals surface area contributed by atoms with Crippen LogP contribution in [0.25, 0.3) is 0 Å². The molecule has 2 rings (SSSR count). The van der Waals surface area contributed by atoms with Gasteiger partial charge in [0.25, 0.3) is 0 Å². The molecule has 0 saturated carbocycles. The third-order valence-corrected chi connectivity index (χ3v) is 4.13. The number of benzene rings is 1. The van der Waals surface area contributed by atoms with Gasteiger partial charge in [-0.15, -0.1) is 0 Å². The normalized spacial score (nSPS) is 16.1. The molecular formula is C17H26FN5O. The molecule has 1 aromatic rings. The van der Waals surface area contributed by atoms with E-state index >= 15 is 0 Å². The first-order valence-corrected chi connectivity index (χ1v) is 8.25. The lowest BCUT2D eigenvalue weighted by molar-refractivity contribution is -0.130. The molecule has 1 aliphatic heterocycles. The number of hydrogen-bond acceptors (Lipinski definition) is 3. The van der Waals surface area contributed by atoms with Crippen LogP contribution in [0.3, 0.4) is 0 Å². The molecule has 0 bridgehead atoms. The van der Waals surface area contributed by atoms with Gasteiger partial charge in [0.2, 0.25) is 5.91 Å². The van der Waals surface area contributed by atoms with Crippen LogP contribution in [0.2, 0.25) is 0 Å². The monoisotopic (exact) mass is 335 g/mol. The van der Waals surface area contributed by atoms with Crippen molar-refractivity contribution in [2.24, 2.45) is 4.99 Å². The highest BCUT2D eigenvalue weighted by atomic mass is 19.1. The van der Waals surface area contributed by atoms with Crippen molar-refractivity contribution in [1.29, 1.82) is 0 Å². The SMILES string of the molecule is CN=C(NCCN1CCN(C(C)=O)CC1)NCc1ccc(F)cc1. The zero-order valence-electron chi connectivity index (χ0n) is 14.4. The van der Waals surface area contributed by atoms with Gasteiger partial charge in [-0.1, -0.05) is 12.1 Å². The Bertz CT molecular complexity index is 553. The number of halogens is 1. The second-order valence-electron chi connectivity index (χ2n) is 5.83. The molecule has 7 heteroatoms. The third kappa shape index (κ3) is 5.81. The maximum atomic E-state index is 12.9. The first kappa shape index (κ1) is 18.2. The molecule has 0 atom stereocenters. The number of guanidine groups is 1. The summed E-state index contributed by atoms with van der Waals surface area (Å²) in [7, 11) is 1.73. The second kappa shape index (κ2) is 9.22. The van der Waals surface area contributed by atoms with E-state index in [2.05, 4.69) is 20.5 Å². The molecule has 1 fully saturated rings. The average molecular weight is 335 g/mol. The Morgan fingerprint density at radius 3 is 2.42 bits per heavy atom. The van der Waals surface area contributed by atoms with E-state index in [0.29, 0.717) is 6.54 Å². The number of rotatable bonds is 5. The Labute approximate surface area is 142 Å². The van der Waals surface area contributed by atoms with Gasteiger partial charge in [0.05, 0.1) is 0 Å². The fourth-order valence-corrected chi connectivity index (χ4v) is 2.63. The van der Waals surface area contributed by atoms with Crippen LogP contribution in [0, 0.1) is 5.82 Å². The molecule has 0 aliphatic carbocycles. The van der Waals surface area contributed by atoms with Crippen molar-refractivity contribution >= 4 is 11.9 Å². The van der Waals surface area contributed by atoms with Crippen LogP contribution >= 0.6 is 0 Å². The lowest BCUT2D eigenvalue weighted by atomic mass is 10.2. The van der Waals surface area contributed by atoms with Gasteiger partial charge < -0.3 is 15.5 Å². The van der Waals surface area contributed by atoms with Crippen molar-refractivity contribution in [3.8, 4) is 0 Å². The number of carbonyl (C=O) groups is 1. The fraction of sp³-hybridized carbons (Fsp3) is 0.529. The molecule has 0 spiro atoms. The van der Waals surface area contributed by atoms with Crippen molar-refractivity contribution in [2.75, 3.05) is 46.3 Å². The van der Waals surface area contributed by atoms with Crippen LogP contribution in [0.15, 0.2) is 29.3 Å². The van der Waals surface area contributed by atoms with E-state index in [1.807, 2.05) is 4.90 Å². The predicted octanol–water partition coefficient (Wildman–Crippen LogP) is 0.655. The summed E-state index contributed by atoms with van der Waals surface area (Å²) in [5, 5.41) is 6.48. The van der Waals surface area contributed by atoms with E-state index in [1.54, 1.807) is 26.1 Å². The molecule has 0 aromatic heterocycles. The van der Waals surface area contributed by atoms with Gasteiger partial charge in [-0.3, -0.25) is 14.7 Å². The maximum absolute atomic E-state index is 12.9. The van der Waals surface area contributed by atoms with Crippen LogP contribution in [0.4, 0.5) is 4.39 Å². The zero-order valence-corrected chi connectivity index (χ0v) is 14.4. The Kier molecular flexibility index (Phi) is 6.99. The van der Waals surface area contributed by atoms with E-state index in [4.69, 9.17) is 0 Å². The van der Waals surface area contributed by atoms with Crippen LogP contribution in [-0.2, 0) is 11.3 Å². The molecule has 132 valence electrons. The van der Waals surface area contributed by atoms with E-state index in [9.17, 15) is 9.18 Å². The summed E-state index contributed by atoms with van der Waals surface area (Å²) in [5.41, 5.74) is 1.000. The Hall–Kier alpha value is -2.15. The van der Waals surface area contributed by atoms with E-state index in [1.165, 1.54) is 12.1 Å². The van der Waals surface area contributed by atoms with Gasteiger partial charge in [-0.25, -0.2) is 4.39 Å². The molecule has 1 aliphatic rings. The maximum Gasteiger partial charge on any atom is 0.219 e. The molecule has 0 radical (unpaired) electrons. The van der Waals surface area contributed by atoms with Crippen LogP contribution in [0.1, 0.15) is 12.5 Å². The first-order valence-electron chi connectivity index (χ1n) is 8.25. The summed E-state index contributed by atoms with van der Waals surface area (Å²) in [5.74, 6) is 0.644. The lowest BCUT2D eigenvalue weighted by Gasteiger charge is -2.34. The second-order valence-corrected chi connectivity index (χ2v) is 5.83. The number of aliphatic imine (C=N–C) groups is 1. The van der Waals surface area contributed by atoms with Crippen LogP contribution < -0.4 is 10.6 Å². The van der Waals surface area contributed by atoms with Crippen molar-refractivity contribution in [3.05, 3.63) is 35.6 Å². The largest absolute Gasteiger partial charge is 0.355 e. The molecule has 1 aromatic carbocycles. The minimum Gasteiger partial charge on any atom is -0.355 e. The molecule has 1 amide bonds. The average Bonchev–Trinajstić information content (AvgIpc) is 2.59. The summed E-state index contributed by atoms with van der Waals surface area (Å²) in [6, 6.07) is 6.41. The van der Waals surface area contributed by atoms with Crippen LogP contribution in [0.5, 0.6) is 0 Å². The highest BCUT2D eigenvalue weighted by Crippen LogP contribution is 2.02. The molecule has 0 unspecified atom stereocenters. The predicted molar refractivity (Wildman–Crippen MR) is 93.3 cm³/mol. The molecule has 2 N–H and O–H groups in total. The van der Waals surface area contributed by atoms with Crippen molar-refractivity contribution in [2.45, 2.75) is 13.5 Å². The number of piperazine rings is 1. The van der Waals surface area contributed by atoms with Crippen molar-refractivity contribution in [1.82, 2.24) is 20.4 Å².